The van der Waals surface area contributed by atoms with E-state index in [0.717, 1.165) is 0 Å². The molecule has 1 aromatic rings. The Kier molecular flexibility index (Phi) is 3.14. The first-order chi connectivity index (χ1) is 6.56. The highest BCUT2D eigenvalue weighted by Gasteiger charge is 2.14. The highest BCUT2D eigenvalue weighted by atomic mass is 19.1. The molecule has 0 fully saturated rings. The number of nitro benzene ring substituents is 1. The highest BCUT2D eigenvalue weighted by molar-refractivity contribution is 5.40. The molecule has 0 saturated heterocycles. The van der Waals surface area contributed by atoms with Crippen LogP contribution < -0.4 is 0 Å². The molecular weight excluding hydrogens is 189 g/mol. The van der Waals surface area contributed by atoms with Gasteiger partial charge in [-0.25, -0.2) is 4.39 Å². The third-order valence-electron chi connectivity index (χ3n) is 1.98. The predicted octanol–water partition coefficient (Wildman–Crippen LogP) is 1.91. The van der Waals surface area contributed by atoms with Crippen LogP contribution >= 0.6 is 0 Å². The van der Waals surface area contributed by atoms with Crippen LogP contribution in [0.1, 0.15) is 17.2 Å². The average molecular weight is 199 g/mol. The first kappa shape index (κ1) is 10.6. The van der Waals surface area contributed by atoms with E-state index < -0.39 is 17.7 Å². The van der Waals surface area contributed by atoms with Crippen molar-refractivity contribution in [1.29, 1.82) is 0 Å². The molecule has 0 saturated carbocycles. The van der Waals surface area contributed by atoms with Crippen LogP contribution in [-0.4, -0.2) is 16.7 Å². The molecule has 0 amide bonds. The molecule has 0 aliphatic heterocycles. The van der Waals surface area contributed by atoms with Crippen molar-refractivity contribution in [2.75, 3.05) is 6.67 Å². The van der Waals surface area contributed by atoms with Crippen LogP contribution in [0, 0.1) is 17.0 Å². The van der Waals surface area contributed by atoms with Crippen molar-refractivity contribution in [3.63, 3.8) is 0 Å². The highest BCUT2D eigenvalue weighted by Crippen LogP contribution is 2.23. The molecule has 0 spiro atoms. The second kappa shape index (κ2) is 4.15. The smallest absolute Gasteiger partial charge is 0.269 e. The van der Waals surface area contributed by atoms with Crippen molar-refractivity contribution in [2.24, 2.45) is 0 Å². The Morgan fingerprint density at radius 2 is 2.29 bits per heavy atom. The molecule has 0 aliphatic rings. The van der Waals surface area contributed by atoms with Crippen LogP contribution in [0.25, 0.3) is 0 Å². The fourth-order valence-electron chi connectivity index (χ4n) is 1.18. The lowest BCUT2D eigenvalue weighted by molar-refractivity contribution is -0.385. The Hall–Kier alpha value is -1.49. The number of nitrogens with zero attached hydrogens (tertiary/aromatic N) is 1. The topological polar surface area (TPSA) is 63.4 Å². The van der Waals surface area contributed by atoms with Gasteiger partial charge in [0.05, 0.1) is 4.92 Å². The quantitative estimate of drug-likeness (QED) is 0.597. The zero-order chi connectivity index (χ0) is 10.7. The van der Waals surface area contributed by atoms with Gasteiger partial charge in [-0.1, -0.05) is 6.07 Å². The van der Waals surface area contributed by atoms with E-state index in [-0.39, 0.29) is 11.3 Å². The van der Waals surface area contributed by atoms with Gasteiger partial charge in [0.15, 0.2) is 0 Å². The monoisotopic (exact) mass is 199 g/mol. The first-order valence-corrected chi connectivity index (χ1v) is 4.05. The molecule has 0 radical (unpaired) electrons. The first-order valence-electron chi connectivity index (χ1n) is 4.05. The molecule has 76 valence electrons. The Bertz CT molecular complexity index is 354. The average Bonchev–Trinajstić information content (AvgIpc) is 2.17. The maximum absolute atomic E-state index is 12.2. The van der Waals surface area contributed by atoms with Gasteiger partial charge < -0.3 is 5.11 Å². The molecule has 1 N–H and O–H groups in total. The van der Waals surface area contributed by atoms with E-state index in [4.69, 9.17) is 0 Å². The number of hydrogen-bond acceptors (Lipinski definition) is 3. The lowest BCUT2D eigenvalue weighted by atomic mass is 10.0. The summed E-state index contributed by atoms with van der Waals surface area (Å²) in [6, 6.07) is 4.01. The predicted molar refractivity (Wildman–Crippen MR) is 48.8 cm³/mol. The Balaban J connectivity index is 3.14. The van der Waals surface area contributed by atoms with Gasteiger partial charge in [-0.15, -0.1) is 0 Å². The number of hydrogen-bond donors (Lipinski definition) is 1. The van der Waals surface area contributed by atoms with Crippen molar-refractivity contribution >= 4 is 5.69 Å². The standard InChI is InChI=1S/C9H10FNO3/c1-6-2-3-7(11(13)14)4-8(6)9(12)5-10/h2-4,9,12H,5H2,1H3. The van der Waals surface area contributed by atoms with Crippen LogP contribution in [0.3, 0.4) is 0 Å². The molecule has 0 aromatic heterocycles. The number of rotatable bonds is 3. The van der Waals surface area contributed by atoms with E-state index in [1.54, 1.807) is 6.92 Å². The van der Waals surface area contributed by atoms with Gasteiger partial charge in [0.2, 0.25) is 0 Å². The fourth-order valence-corrected chi connectivity index (χ4v) is 1.18. The summed E-state index contributed by atoms with van der Waals surface area (Å²) < 4.78 is 12.2. The van der Waals surface area contributed by atoms with Gasteiger partial charge in [-0.3, -0.25) is 10.1 Å². The van der Waals surface area contributed by atoms with E-state index in [2.05, 4.69) is 0 Å². The molecule has 4 nitrogen and oxygen atoms in total. The van der Waals surface area contributed by atoms with Crippen LogP contribution in [-0.2, 0) is 0 Å². The fraction of sp³-hybridized carbons (Fsp3) is 0.333. The number of aryl methyl sites for hydroxylation is 1. The second-order valence-electron chi connectivity index (χ2n) is 2.97. The van der Waals surface area contributed by atoms with Crippen LogP contribution in [0.15, 0.2) is 18.2 Å². The summed E-state index contributed by atoms with van der Waals surface area (Å²) in [5.41, 5.74) is 0.764. The van der Waals surface area contributed by atoms with Gasteiger partial charge in [-0.2, -0.15) is 0 Å². The van der Waals surface area contributed by atoms with Crippen LogP contribution in [0.4, 0.5) is 10.1 Å². The molecule has 14 heavy (non-hydrogen) atoms. The van der Waals surface area contributed by atoms with Gasteiger partial charge in [0.1, 0.15) is 12.8 Å². The molecule has 1 unspecified atom stereocenters. The van der Waals surface area contributed by atoms with Crippen LogP contribution in [0.2, 0.25) is 0 Å². The van der Waals surface area contributed by atoms with E-state index in [0.29, 0.717) is 5.56 Å². The zero-order valence-electron chi connectivity index (χ0n) is 7.61. The maximum atomic E-state index is 12.2. The number of non-ortho nitro benzene ring substituents is 1. The molecular formula is C9H10FNO3. The zero-order valence-corrected chi connectivity index (χ0v) is 7.61. The third-order valence-corrected chi connectivity index (χ3v) is 1.98. The Labute approximate surface area is 80.1 Å². The van der Waals surface area contributed by atoms with Crippen LogP contribution in [0.5, 0.6) is 0 Å². The molecule has 1 atom stereocenters. The van der Waals surface area contributed by atoms with Crippen molar-refractivity contribution in [3.05, 3.63) is 39.4 Å². The molecule has 1 rings (SSSR count). The van der Waals surface area contributed by atoms with Gasteiger partial charge in [0.25, 0.3) is 5.69 Å². The number of halogens is 1. The maximum Gasteiger partial charge on any atom is 0.269 e. The van der Waals surface area contributed by atoms with Crippen molar-refractivity contribution in [2.45, 2.75) is 13.0 Å². The third kappa shape index (κ3) is 2.05. The molecule has 0 heterocycles. The summed E-state index contributed by atoms with van der Waals surface area (Å²) in [6.45, 7) is 0.722. The Morgan fingerprint density at radius 3 is 2.79 bits per heavy atom. The summed E-state index contributed by atoms with van der Waals surface area (Å²) in [7, 11) is 0. The number of benzene rings is 1. The van der Waals surface area contributed by atoms with Crippen molar-refractivity contribution in [3.8, 4) is 0 Å². The summed E-state index contributed by atoms with van der Waals surface area (Å²) >= 11 is 0. The summed E-state index contributed by atoms with van der Waals surface area (Å²) in [4.78, 5) is 9.83. The number of nitro groups is 1. The van der Waals surface area contributed by atoms with Gasteiger partial charge in [0, 0.05) is 12.1 Å². The number of aliphatic hydroxyl groups is 1. The molecule has 5 heteroatoms. The molecule has 0 bridgehead atoms. The van der Waals surface area contributed by atoms with Crippen molar-refractivity contribution < 1.29 is 14.4 Å². The normalized spacial score (nSPS) is 12.5. The largest absolute Gasteiger partial charge is 0.386 e. The SMILES string of the molecule is Cc1ccc([N+](=O)[O-])cc1C(O)CF. The number of alkyl halides is 1. The minimum Gasteiger partial charge on any atom is -0.386 e. The lowest BCUT2D eigenvalue weighted by Gasteiger charge is -2.09. The number of aliphatic hydroxyl groups excluding tert-OH is 1. The lowest BCUT2D eigenvalue weighted by Crippen LogP contribution is -2.02. The summed E-state index contributed by atoms with van der Waals surface area (Å²) in [6.07, 6.45) is -1.28. The summed E-state index contributed by atoms with van der Waals surface area (Å²) in [5, 5.41) is 19.6. The van der Waals surface area contributed by atoms with Gasteiger partial charge >= 0.3 is 0 Å². The van der Waals surface area contributed by atoms with Gasteiger partial charge in [-0.05, 0) is 18.1 Å². The molecule has 1 aromatic carbocycles. The minimum atomic E-state index is -1.28. The van der Waals surface area contributed by atoms with E-state index in [9.17, 15) is 19.6 Å². The molecule has 0 aliphatic carbocycles. The Morgan fingerprint density at radius 1 is 1.64 bits per heavy atom. The second-order valence-corrected chi connectivity index (χ2v) is 2.97. The minimum absolute atomic E-state index is 0.141. The van der Waals surface area contributed by atoms with E-state index in [1.165, 1.54) is 18.2 Å². The van der Waals surface area contributed by atoms with E-state index in [1.807, 2.05) is 0 Å². The summed E-state index contributed by atoms with van der Waals surface area (Å²) in [5.74, 6) is 0. The van der Waals surface area contributed by atoms with Crippen molar-refractivity contribution in [1.82, 2.24) is 0 Å². The van der Waals surface area contributed by atoms with E-state index >= 15 is 0 Å².